The van der Waals surface area contributed by atoms with Gasteiger partial charge in [0.25, 0.3) is 0 Å². The molecule has 0 aromatic rings. The second-order valence-electron chi connectivity index (χ2n) is 2.24. The van der Waals surface area contributed by atoms with Gasteiger partial charge in [0.2, 0.25) is 7.00 Å². The van der Waals surface area contributed by atoms with Crippen molar-refractivity contribution in [3.8, 4) is 0 Å². The lowest BCUT2D eigenvalue weighted by molar-refractivity contribution is 0.501. The third-order valence-electron chi connectivity index (χ3n) is 0.983. The van der Waals surface area contributed by atoms with E-state index in [4.69, 9.17) is 4.89 Å². The van der Waals surface area contributed by atoms with Gasteiger partial charge in [-0.15, -0.1) is 0 Å². The Morgan fingerprint density at radius 3 is 2.60 bits per heavy atom. The summed E-state index contributed by atoms with van der Waals surface area (Å²) in [6, 6.07) is 0. The number of allylic oxidation sites excluding steroid dienone is 2. The van der Waals surface area contributed by atoms with E-state index in [2.05, 4.69) is 0 Å². The van der Waals surface area contributed by atoms with Crippen molar-refractivity contribution in [2.45, 2.75) is 19.7 Å². The molecule has 0 spiro atoms. The van der Waals surface area contributed by atoms with Crippen molar-refractivity contribution in [1.29, 1.82) is 0 Å². The number of rotatable bonds is 4. The first-order valence-corrected chi connectivity index (χ1v) is 5.53. The van der Waals surface area contributed by atoms with Crippen molar-refractivity contribution < 1.29 is 9.46 Å². The lowest BCUT2D eigenvalue weighted by atomic mass is 10.0. The van der Waals surface area contributed by atoms with E-state index in [0.717, 1.165) is 6.42 Å². The molecule has 4 heteroatoms. The highest BCUT2D eigenvalue weighted by Crippen LogP contribution is 2.33. The van der Waals surface area contributed by atoms with Crippen LogP contribution in [0.4, 0.5) is 0 Å². The normalized spacial score (nSPS) is 17.1. The first kappa shape index (κ1) is 9.99. The predicted octanol–water partition coefficient (Wildman–Crippen LogP) is 1.89. The van der Waals surface area contributed by atoms with Crippen LogP contribution >= 0.6 is 7.25 Å². The lowest BCUT2D eigenvalue weighted by Crippen LogP contribution is -1.87. The van der Waals surface area contributed by atoms with Crippen LogP contribution in [0.25, 0.3) is 0 Å². The molecule has 0 heterocycles. The van der Waals surface area contributed by atoms with Gasteiger partial charge < -0.3 is 9.46 Å². The van der Waals surface area contributed by atoms with Crippen molar-refractivity contribution >= 4 is 14.2 Å². The van der Waals surface area contributed by atoms with E-state index in [0.29, 0.717) is 6.32 Å². The third kappa shape index (κ3) is 7.99. The summed E-state index contributed by atoms with van der Waals surface area (Å²) in [4.78, 5) is 8.78. The van der Waals surface area contributed by atoms with E-state index in [1.165, 1.54) is 13.7 Å². The second-order valence-corrected chi connectivity index (χ2v) is 4.49. The fraction of sp³-hybridized carbons (Fsp3) is 0.667. The molecule has 0 rings (SSSR count). The molecular weight excluding hydrogens is 146 g/mol. The quantitative estimate of drug-likeness (QED) is 0.386. The topological polar surface area (TPSA) is 37.3 Å². The van der Waals surface area contributed by atoms with Crippen molar-refractivity contribution in [3.05, 3.63) is 12.2 Å². The zero-order valence-electron chi connectivity index (χ0n) is 6.45. The minimum absolute atomic E-state index is 0.595. The fourth-order valence-corrected chi connectivity index (χ4v) is 1.03. The summed E-state index contributed by atoms with van der Waals surface area (Å²) in [6.45, 7) is 4.81. The van der Waals surface area contributed by atoms with Gasteiger partial charge in [-0.3, -0.25) is 0 Å². The zero-order valence-corrected chi connectivity index (χ0v) is 7.34. The number of hydrogen-bond acceptors (Lipinski definition) is 1. The molecule has 0 aliphatic heterocycles. The first-order chi connectivity index (χ1) is 4.56. The summed E-state index contributed by atoms with van der Waals surface area (Å²) in [6.07, 6.45) is 5.45. The molecule has 0 fully saturated rings. The summed E-state index contributed by atoms with van der Waals surface area (Å²) in [5.41, 5.74) is 0. The smallest absolute Gasteiger partial charge is 0.237 e. The molecule has 57 valence electrons. The summed E-state index contributed by atoms with van der Waals surface area (Å²) < 4.78 is 10.6. The van der Waals surface area contributed by atoms with Crippen molar-refractivity contribution in [1.82, 2.24) is 0 Å². The summed E-state index contributed by atoms with van der Waals surface area (Å²) in [5, 5.41) is 0. The summed E-state index contributed by atoms with van der Waals surface area (Å²) >= 11 is 0. The molecular formula is C6H13BO2P. The molecule has 1 unspecified atom stereocenters. The Hall–Kier alpha value is -0.00506. The fourth-order valence-electron chi connectivity index (χ4n) is 0.519. The van der Waals surface area contributed by atoms with E-state index >= 15 is 0 Å². The molecule has 1 atom stereocenters. The summed E-state index contributed by atoms with van der Waals surface area (Å²) in [7, 11) is -2.88. The first-order valence-electron chi connectivity index (χ1n) is 3.35. The third-order valence-corrected chi connectivity index (χ3v) is 1.87. The molecule has 0 amide bonds. The Labute approximate surface area is 63.0 Å². The molecule has 0 saturated heterocycles. The van der Waals surface area contributed by atoms with E-state index in [9.17, 15) is 4.57 Å². The van der Waals surface area contributed by atoms with Crippen molar-refractivity contribution in [2.24, 2.45) is 0 Å². The molecule has 0 aromatic heterocycles. The molecule has 0 saturated carbocycles. The minimum Gasteiger partial charge on any atom is -0.352 e. The average molecular weight is 159 g/mol. The van der Waals surface area contributed by atoms with Gasteiger partial charge in [0.1, 0.15) is 7.25 Å². The molecule has 1 N–H and O–H groups in total. The van der Waals surface area contributed by atoms with Crippen molar-refractivity contribution in [2.75, 3.05) is 6.66 Å². The van der Waals surface area contributed by atoms with Crippen LogP contribution in [-0.4, -0.2) is 18.6 Å². The maximum atomic E-state index is 10.6. The monoisotopic (exact) mass is 159 g/mol. The standard InChI is InChI=1S/C6H13BO2P/c1-3-4-5-6-7-10(2,8)9/h4-5H,3,6H2,1-2H3,(H,8,9)/b5-4+. The Morgan fingerprint density at radius 2 is 2.20 bits per heavy atom. The van der Waals surface area contributed by atoms with Gasteiger partial charge in [-0.05, 0) is 6.42 Å². The second kappa shape index (κ2) is 4.76. The highest BCUT2D eigenvalue weighted by molar-refractivity contribution is 7.86. The molecule has 10 heavy (non-hydrogen) atoms. The van der Waals surface area contributed by atoms with E-state index in [-0.39, 0.29) is 0 Å². The van der Waals surface area contributed by atoms with Gasteiger partial charge in [-0.25, -0.2) is 0 Å². The highest BCUT2D eigenvalue weighted by Gasteiger charge is 2.08. The Morgan fingerprint density at radius 1 is 1.60 bits per heavy atom. The van der Waals surface area contributed by atoms with E-state index < -0.39 is 7.25 Å². The van der Waals surface area contributed by atoms with Gasteiger partial charge in [0.05, 0.1) is 0 Å². The van der Waals surface area contributed by atoms with Crippen LogP contribution in [0.5, 0.6) is 0 Å². The zero-order chi connectivity index (χ0) is 8.04. The van der Waals surface area contributed by atoms with Crippen molar-refractivity contribution in [3.63, 3.8) is 0 Å². The van der Waals surface area contributed by atoms with Gasteiger partial charge in [0, 0.05) is 6.66 Å². The SMILES string of the molecule is CC/C=C/C[B]P(C)(=O)O. The van der Waals surface area contributed by atoms with E-state index in [1.54, 1.807) is 0 Å². The van der Waals surface area contributed by atoms with Crippen LogP contribution < -0.4 is 0 Å². The minimum atomic E-state index is -2.88. The lowest BCUT2D eigenvalue weighted by Gasteiger charge is -1.98. The predicted molar refractivity (Wildman–Crippen MR) is 45.7 cm³/mol. The molecule has 0 bridgehead atoms. The van der Waals surface area contributed by atoms with Gasteiger partial charge in [0.15, 0.2) is 0 Å². The molecule has 0 aliphatic carbocycles. The highest BCUT2D eigenvalue weighted by atomic mass is 31.2. The maximum absolute atomic E-state index is 10.6. The van der Waals surface area contributed by atoms with Crippen LogP contribution in [-0.2, 0) is 4.57 Å². The van der Waals surface area contributed by atoms with Crippen LogP contribution in [0, 0.1) is 0 Å². The van der Waals surface area contributed by atoms with E-state index in [1.807, 2.05) is 19.1 Å². The molecule has 1 radical (unpaired) electrons. The van der Waals surface area contributed by atoms with Crippen LogP contribution in [0.15, 0.2) is 12.2 Å². The maximum Gasteiger partial charge on any atom is 0.237 e. The van der Waals surface area contributed by atoms with Gasteiger partial charge in [-0.1, -0.05) is 25.4 Å². The largest absolute Gasteiger partial charge is 0.352 e. The van der Waals surface area contributed by atoms with Crippen LogP contribution in [0.3, 0.4) is 0 Å². The van der Waals surface area contributed by atoms with Gasteiger partial charge >= 0.3 is 0 Å². The van der Waals surface area contributed by atoms with Crippen LogP contribution in [0.1, 0.15) is 13.3 Å². The Balaban J connectivity index is 3.38. The Bertz CT molecular complexity index is 150. The molecule has 0 aliphatic rings. The molecule has 2 nitrogen and oxygen atoms in total. The van der Waals surface area contributed by atoms with Crippen LogP contribution in [0.2, 0.25) is 6.32 Å². The number of hydrogen-bond donors (Lipinski definition) is 1. The molecule has 0 aromatic carbocycles. The summed E-state index contributed by atoms with van der Waals surface area (Å²) in [5.74, 6) is 0. The Kier molecular flexibility index (Phi) is 4.75. The average Bonchev–Trinajstić information content (AvgIpc) is 1.78. The van der Waals surface area contributed by atoms with Gasteiger partial charge in [-0.2, -0.15) is 0 Å².